The zero-order valence-corrected chi connectivity index (χ0v) is 14.4. The number of hydrogen-bond donors (Lipinski definition) is 1. The molecule has 1 atom stereocenters. The molecule has 4 heteroatoms. The van der Waals surface area contributed by atoms with E-state index >= 15 is 0 Å². The van der Waals surface area contributed by atoms with E-state index < -0.39 is 0 Å². The second kappa shape index (κ2) is 8.99. The SMILES string of the molecule is C[C@@H](CN(C)C)C(/C=C/c1ccc(F)cc1)=N/Nc1ccccc1. The molecule has 0 unspecified atom stereocenters. The number of hydrazone groups is 1. The average molecular weight is 325 g/mol. The van der Waals surface area contributed by atoms with Crippen molar-refractivity contribution in [1.29, 1.82) is 0 Å². The quantitative estimate of drug-likeness (QED) is 0.599. The van der Waals surface area contributed by atoms with Crippen molar-refractivity contribution in [1.82, 2.24) is 4.90 Å². The average Bonchev–Trinajstić information content (AvgIpc) is 2.56. The van der Waals surface area contributed by atoms with Crippen LogP contribution in [0.1, 0.15) is 12.5 Å². The minimum atomic E-state index is -0.229. The molecule has 0 bridgehead atoms. The van der Waals surface area contributed by atoms with Gasteiger partial charge in [-0.05, 0) is 50.0 Å². The first-order chi connectivity index (χ1) is 11.5. The van der Waals surface area contributed by atoms with E-state index in [4.69, 9.17) is 0 Å². The van der Waals surface area contributed by atoms with Crippen LogP contribution >= 0.6 is 0 Å². The van der Waals surface area contributed by atoms with Crippen LogP contribution in [0.2, 0.25) is 0 Å². The number of nitrogens with zero attached hydrogens (tertiary/aromatic N) is 2. The third-order valence-corrected chi connectivity index (χ3v) is 3.55. The fraction of sp³-hybridized carbons (Fsp3) is 0.250. The van der Waals surface area contributed by atoms with Crippen LogP contribution in [0.15, 0.2) is 65.8 Å². The summed E-state index contributed by atoms with van der Waals surface area (Å²) < 4.78 is 13.0. The molecule has 0 spiro atoms. The largest absolute Gasteiger partial charge is 0.309 e. The monoisotopic (exact) mass is 325 g/mol. The molecule has 0 aliphatic heterocycles. The molecule has 0 heterocycles. The van der Waals surface area contributed by atoms with Crippen LogP contribution < -0.4 is 5.43 Å². The van der Waals surface area contributed by atoms with Crippen molar-refractivity contribution in [2.75, 3.05) is 26.1 Å². The Morgan fingerprint density at radius 1 is 1.12 bits per heavy atom. The van der Waals surface area contributed by atoms with E-state index in [0.29, 0.717) is 0 Å². The molecule has 24 heavy (non-hydrogen) atoms. The molecule has 0 aliphatic carbocycles. The van der Waals surface area contributed by atoms with Crippen LogP contribution in [0.3, 0.4) is 0 Å². The highest BCUT2D eigenvalue weighted by atomic mass is 19.1. The second-order valence-corrected chi connectivity index (χ2v) is 6.06. The highest BCUT2D eigenvalue weighted by molar-refractivity contribution is 6.00. The van der Waals surface area contributed by atoms with Crippen molar-refractivity contribution >= 4 is 17.5 Å². The van der Waals surface area contributed by atoms with Crippen LogP contribution in [0.25, 0.3) is 6.08 Å². The van der Waals surface area contributed by atoms with E-state index in [9.17, 15) is 4.39 Å². The molecular weight excluding hydrogens is 301 g/mol. The van der Waals surface area contributed by atoms with E-state index in [0.717, 1.165) is 23.5 Å². The lowest BCUT2D eigenvalue weighted by Gasteiger charge is -2.17. The van der Waals surface area contributed by atoms with Gasteiger partial charge in [-0.2, -0.15) is 5.10 Å². The molecule has 0 saturated heterocycles. The second-order valence-electron chi connectivity index (χ2n) is 6.06. The number of anilines is 1. The molecule has 3 nitrogen and oxygen atoms in total. The lowest BCUT2D eigenvalue weighted by atomic mass is 10.0. The van der Waals surface area contributed by atoms with Gasteiger partial charge in [-0.3, -0.25) is 5.43 Å². The molecule has 2 aromatic rings. The summed E-state index contributed by atoms with van der Waals surface area (Å²) in [6.45, 7) is 3.03. The highest BCUT2D eigenvalue weighted by Crippen LogP contribution is 2.10. The minimum Gasteiger partial charge on any atom is -0.309 e. The third-order valence-electron chi connectivity index (χ3n) is 3.55. The van der Waals surface area contributed by atoms with Gasteiger partial charge in [0.25, 0.3) is 0 Å². The molecule has 126 valence electrons. The van der Waals surface area contributed by atoms with E-state index in [1.807, 2.05) is 56.6 Å². The standard InChI is InChI=1S/C20H24FN3/c1-16(15-24(2)3)20(23-22-19-7-5-4-6-8-19)14-11-17-9-12-18(21)13-10-17/h4-14,16,22H,15H2,1-3H3/b14-11+,23-20+/t16-/m0/s1. The summed E-state index contributed by atoms with van der Waals surface area (Å²) in [4.78, 5) is 2.13. The number of benzene rings is 2. The number of para-hydroxylation sites is 1. The van der Waals surface area contributed by atoms with Crippen LogP contribution in [0.5, 0.6) is 0 Å². The van der Waals surface area contributed by atoms with Gasteiger partial charge in [0.05, 0.1) is 11.4 Å². The van der Waals surface area contributed by atoms with Gasteiger partial charge >= 0.3 is 0 Å². The van der Waals surface area contributed by atoms with Gasteiger partial charge in [-0.1, -0.05) is 43.3 Å². The van der Waals surface area contributed by atoms with Crippen molar-refractivity contribution in [2.45, 2.75) is 6.92 Å². The van der Waals surface area contributed by atoms with Gasteiger partial charge in [0.15, 0.2) is 0 Å². The molecule has 0 fully saturated rings. The Kier molecular flexibility index (Phi) is 6.70. The summed E-state index contributed by atoms with van der Waals surface area (Å²) >= 11 is 0. The van der Waals surface area contributed by atoms with Gasteiger partial charge in [-0.25, -0.2) is 4.39 Å². The van der Waals surface area contributed by atoms with Gasteiger partial charge in [0.2, 0.25) is 0 Å². The maximum absolute atomic E-state index is 13.0. The topological polar surface area (TPSA) is 27.6 Å². The summed E-state index contributed by atoms with van der Waals surface area (Å²) in [7, 11) is 4.09. The fourth-order valence-electron chi connectivity index (χ4n) is 2.35. The Bertz CT molecular complexity index is 676. The van der Waals surface area contributed by atoms with Crippen molar-refractivity contribution in [3.8, 4) is 0 Å². The van der Waals surface area contributed by atoms with Crippen molar-refractivity contribution in [3.63, 3.8) is 0 Å². The fourth-order valence-corrected chi connectivity index (χ4v) is 2.35. The summed E-state index contributed by atoms with van der Waals surface area (Å²) in [5, 5.41) is 4.56. The molecule has 2 aromatic carbocycles. The molecule has 0 radical (unpaired) electrons. The normalized spacial score (nSPS) is 13.5. The van der Waals surface area contributed by atoms with Gasteiger partial charge in [0, 0.05) is 12.5 Å². The number of rotatable bonds is 7. The van der Waals surface area contributed by atoms with Crippen molar-refractivity contribution in [3.05, 3.63) is 72.1 Å². The number of allylic oxidation sites excluding steroid dienone is 1. The predicted molar refractivity (Wildman–Crippen MR) is 101 cm³/mol. The highest BCUT2D eigenvalue weighted by Gasteiger charge is 2.09. The van der Waals surface area contributed by atoms with Gasteiger partial charge in [-0.15, -0.1) is 0 Å². The third kappa shape index (κ3) is 5.97. The van der Waals surface area contributed by atoms with E-state index in [-0.39, 0.29) is 11.7 Å². The first kappa shape index (κ1) is 17.9. The lowest BCUT2D eigenvalue weighted by Crippen LogP contribution is -2.25. The van der Waals surface area contributed by atoms with E-state index in [1.165, 1.54) is 12.1 Å². The van der Waals surface area contributed by atoms with Crippen LogP contribution in [0.4, 0.5) is 10.1 Å². The number of nitrogens with one attached hydrogen (secondary N) is 1. The zero-order chi connectivity index (χ0) is 17.4. The van der Waals surface area contributed by atoms with Crippen LogP contribution in [-0.4, -0.2) is 31.3 Å². The van der Waals surface area contributed by atoms with E-state index in [2.05, 4.69) is 22.4 Å². The molecule has 0 aromatic heterocycles. The summed E-state index contributed by atoms with van der Waals surface area (Å²) in [5.74, 6) is 0.0284. The Balaban J connectivity index is 2.16. The first-order valence-electron chi connectivity index (χ1n) is 8.01. The first-order valence-corrected chi connectivity index (χ1v) is 8.01. The number of hydrogen-bond acceptors (Lipinski definition) is 3. The number of halogens is 1. The minimum absolute atomic E-state index is 0.229. The Morgan fingerprint density at radius 3 is 2.42 bits per heavy atom. The van der Waals surface area contributed by atoms with Gasteiger partial charge < -0.3 is 4.90 Å². The summed E-state index contributed by atoms with van der Waals surface area (Å²) in [6.07, 6.45) is 3.94. The summed E-state index contributed by atoms with van der Waals surface area (Å²) in [5.41, 5.74) is 5.94. The Hall–Kier alpha value is -2.46. The molecule has 0 saturated carbocycles. The van der Waals surface area contributed by atoms with Crippen molar-refractivity contribution in [2.24, 2.45) is 11.0 Å². The van der Waals surface area contributed by atoms with Crippen molar-refractivity contribution < 1.29 is 4.39 Å². The van der Waals surface area contributed by atoms with E-state index in [1.54, 1.807) is 12.1 Å². The lowest BCUT2D eigenvalue weighted by molar-refractivity contribution is 0.381. The molecule has 0 amide bonds. The predicted octanol–water partition coefficient (Wildman–Crippen LogP) is 4.50. The maximum Gasteiger partial charge on any atom is 0.123 e. The van der Waals surface area contributed by atoms with Gasteiger partial charge in [0.1, 0.15) is 5.82 Å². The molecule has 2 rings (SSSR count). The van der Waals surface area contributed by atoms with Crippen LogP contribution in [-0.2, 0) is 0 Å². The molecular formula is C20H24FN3. The smallest absolute Gasteiger partial charge is 0.123 e. The summed E-state index contributed by atoms with van der Waals surface area (Å²) in [6, 6.07) is 16.3. The Labute approximate surface area is 143 Å². The maximum atomic E-state index is 13.0. The Morgan fingerprint density at radius 2 is 1.79 bits per heavy atom. The molecule has 0 aliphatic rings. The molecule has 1 N–H and O–H groups in total. The zero-order valence-electron chi connectivity index (χ0n) is 14.4. The van der Waals surface area contributed by atoms with Crippen LogP contribution in [0, 0.1) is 11.7 Å².